The highest BCUT2D eigenvalue weighted by molar-refractivity contribution is 7.11. The van der Waals surface area contributed by atoms with Crippen molar-refractivity contribution >= 4 is 23.0 Å². The molecular weight excluding hydrogens is 294 g/mol. The fourth-order valence-corrected chi connectivity index (χ4v) is 2.65. The zero-order valence-corrected chi connectivity index (χ0v) is 14.3. The Kier molecular flexibility index (Phi) is 5.49. The Balaban J connectivity index is 1.98. The van der Waals surface area contributed by atoms with E-state index in [1.165, 1.54) is 5.56 Å². The molecular formula is C16H23N5S. The molecule has 0 bridgehead atoms. The Labute approximate surface area is 135 Å². The number of hydrogen-bond acceptors (Lipinski definition) is 4. The maximum absolute atomic E-state index is 5.94. The Morgan fingerprint density at radius 1 is 1.23 bits per heavy atom. The van der Waals surface area contributed by atoms with Crippen LogP contribution in [0.15, 0.2) is 29.3 Å². The molecule has 0 aliphatic heterocycles. The van der Waals surface area contributed by atoms with Crippen molar-refractivity contribution in [2.75, 3.05) is 5.32 Å². The molecule has 2 rings (SSSR count). The second-order valence-corrected chi connectivity index (χ2v) is 6.89. The third kappa shape index (κ3) is 4.53. The summed E-state index contributed by atoms with van der Waals surface area (Å²) in [6, 6.07) is 8.20. The number of nitrogens with zero attached hydrogens (tertiary/aromatic N) is 3. The number of aromatic nitrogens is 2. The summed E-state index contributed by atoms with van der Waals surface area (Å²) in [7, 11) is 0. The SMILES string of the molecule is CC(C)c1cccc(NC(N)=NCc2nnc(C(C)C)s2)c1. The van der Waals surface area contributed by atoms with Gasteiger partial charge in [0.1, 0.15) is 10.0 Å². The molecule has 1 heterocycles. The van der Waals surface area contributed by atoms with Gasteiger partial charge in [0, 0.05) is 11.6 Å². The minimum atomic E-state index is 0.391. The van der Waals surface area contributed by atoms with Gasteiger partial charge >= 0.3 is 0 Å². The largest absolute Gasteiger partial charge is 0.370 e. The molecule has 1 aromatic carbocycles. The van der Waals surface area contributed by atoms with E-state index in [4.69, 9.17) is 5.73 Å². The quantitative estimate of drug-likeness (QED) is 0.651. The fraction of sp³-hybridized carbons (Fsp3) is 0.438. The van der Waals surface area contributed by atoms with E-state index in [0.717, 1.165) is 15.7 Å². The zero-order valence-electron chi connectivity index (χ0n) is 13.5. The summed E-state index contributed by atoms with van der Waals surface area (Å²) < 4.78 is 0. The van der Waals surface area contributed by atoms with E-state index in [-0.39, 0.29) is 0 Å². The highest BCUT2D eigenvalue weighted by atomic mass is 32.1. The van der Waals surface area contributed by atoms with Crippen molar-refractivity contribution in [2.45, 2.75) is 46.1 Å². The molecule has 0 atom stereocenters. The first-order valence-electron chi connectivity index (χ1n) is 7.45. The maximum Gasteiger partial charge on any atom is 0.193 e. The lowest BCUT2D eigenvalue weighted by Crippen LogP contribution is -2.22. The van der Waals surface area contributed by atoms with Gasteiger partial charge in [0.05, 0.1) is 6.54 Å². The predicted molar refractivity (Wildman–Crippen MR) is 93.5 cm³/mol. The minimum Gasteiger partial charge on any atom is -0.370 e. The van der Waals surface area contributed by atoms with Crippen LogP contribution in [0.3, 0.4) is 0 Å². The van der Waals surface area contributed by atoms with E-state index in [1.807, 2.05) is 12.1 Å². The lowest BCUT2D eigenvalue weighted by molar-refractivity contribution is 0.816. The van der Waals surface area contributed by atoms with Crippen LogP contribution in [0.4, 0.5) is 5.69 Å². The van der Waals surface area contributed by atoms with Crippen LogP contribution in [0.2, 0.25) is 0 Å². The Hall–Kier alpha value is -1.95. The molecule has 118 valence electrons. The number of nitrogens with two attached hydrogens (primary N) is 1. The van der Waals surface area contributed by atoms with Gasteiger partial charge < -0.3 is 11.1 Å². The molecule has 0 unspecified atom stereocenters. The molecule has 6 heteroatoms. The van der Waals surface area contributed by atoms with E-state index in [9.17, 15) is 0 Å². The lowest BCUT2D eigenvalue weighted by atomic mass is 10.0. The van der Waals surface area contributed by atoms with Crippen LogP contribution in [-0.4, -0.2) is 16.2 Å². The molecule has 0 saturated heterocycles. The van der Waals surface area contributed by atoms with Gasteiger partial charge in [0.25, 0.3) is 0 Å². The van der Waals surface area contributed by atoms with E-state index >= 15 is 0 Å². The number of hydrogen-bond donors (Lipinski definition) is 2. The third-order valence-electron chi connectivity index (χ3n) is 3.19. The highest BCUT2D eigenvalue weighted by Gasteiger charge is 2.07. The van der Waals surface area contributed by atoms with Gasteiger partial charge in [-0.25, -0.2) is 4.99 Å². The van der Waals surface area contributed by atoms with Gasteiger partial charge in [-0.3, -0.25) is 0 Å². The van der Waals surface area contributed by atoms with E-state index in [0.29, 0.717) is 24.3 Å². The van der Waals surface area contributed by atoms with Crippen LogP contribution in [0.1, 0.15) is 55.1 Å². The minimum absolute atomic E-state index is 0.391. The molecule has 0 amide bonds. The standard InChI is InChI=1S/C16H23N5S/c1-10(2)12-6-5-7-13(8-12)19-16(17)18-9-14-20-21-15(22-14)11(3)4/h5-8,10-11H,9H2,1-4H3,(H3,17,18,19). The number of benzene rings is 1. The average molecular weight is 317 g/mol. The molecule has 0 radical (unpaired) electrons. The normalized spacial score (nSPS) is 12.2. The van der Waals surface area contributed by atoms with Crippen LogP contribution in [0.5, 0.6) is 0 Å². The molecule has 5 nitrogen and oxygen atoms in total. The van der Waals surface area contributed by atoms with Gasteiger partial charge in [0.15, 0.2) is 5.96 Å². The van der Waals surface area contributed by atoms with E-state index in [2.05, 4.69) is 60.3 Å². The predicted octanol–water partition coefficient (Wildman–Crippen LogP) is 3.71. The summed E-state index contributed by atoms with van der Waals surface area (Å²) in [6.45, 7) is 8.99. The molecule has 22 heavy (non-hydrogen) atoms. The maximum atomic E-state index is 5.94. The van der Waals surface area contributed by atoms with Crippen molar-refractivity contribution in [3.63, 3.8) is 0 Å². The summed E-state index contributed by atoms with van der Waals surface area (Å²) in [5, 5.41) is 13.3. The molecule has 3 N–H and O–H groups in total. The summed E-state index contributed by atoms with van der Waals surface area (Å²) in [5.41, 5.74) is 8.16. The van der Waals surface area contributed by atoms with Crippen molar-refractivity contribution in [1.82, 2.24) is 10.2 Å². The van der Waals surface area contributed by atoms with Crippen molar-refractivity contribution in [2.24, 2.45) is 10.7 Å². The number of rotatable bonds is 5. The molecule has 0 saturated carbocycles. The first-order valence-corrected chi connectivity index (χ1v) is 8.26. The molecule has 0 spiro atoms. The van der Waals surface area contributed by atoms with E-state index < -0.39 is 0 Å². The number of anilines is 1. The van der Waals surface area contributed by atoms with Gasteiger partial charge in [-0.15, -0.1) is 10.2 Å². The van der Waals surface area contributed by atoms with Crippen LogP contribution in [0, 0.1) is 0 Å². The van der Waals surface area contributed by atoms with Crippen molar-refractivity contribution in [1.29, 1.82) is 0 Å². The van der Waals surface area contributed by atoms with Gasteiger partial charge in [0.2, 0.25) is 0 Å². The van der Waals surface area contributed by atoms with E-state index in [1.54, 1.807) is 11.3 Å². The molecule has 0 aliphatic carbocycles. The Morgan fingerprint density at radius 2 is 2.00 bits per heavy atom. The van der Waals surface area contributed by atoms with Crippen LogP contribution in [-0.2, 0) is 6.54 Å². The fourth-order valence-electron chi connectivity index (χ4n) is 1.88. The number of nitrogens with one attached hydrogen (secondary N) is 1. The summed E-state index contributed by atoms with van der Waals surface area (Å²) in [5.74, 6) is 1.27. The van der Waals surface area contributed by atoms with Crippen LogP contribution < -0.4 is 11.1 Å². The second-order valence-electron chi connectivity index (χ2n) is 5.80. The molecule has 0 aliphatic rings. The van der Waals surface area contributed by atoms with Crippen molar-refractivity contribution in [3.05, 3.63) is 39.8 Å². The Morgan fingerprint density at radius 3 is 2.64 bits per heavy atom. The topological polar surface area (TPSA) is 76.2 Å². The zero-order chi connectivity index (χ0) is 16.1. The van der Waals surface area contributed by atoms with Gasteiger partial charge in [-0.1, -0.05) is 51.2 Å². The van der Waals surface area contributed by atoms with Crippen LogP contribution >= 0.6 is 11.3 Å². The first kappa shape index (κ1) is 16.4. The number of guanidine groups is 1. The van der Waals surface area contributed by atoms with Gasteiger partial charge in [-0.2, -0.15) is 0 Å². The monoisotopic (exact) mass is 317 g/mol. The Bertz CT molecular complexity index is 645. The number of aliphatic imine (C=N–C) groups is 1. The van der Waals surface area contributed by atoms with Crippen molar-refractivity contribution < 1.29 is 0 Å². The second kappa shape index (κ2) is 7.35. The smallest absolute Gasteiger partial charge is 0.193 e. The summed E-state index contributed by atoms with van der Waals surface area (Å²) in [6.07, 6.45) is 0. The summed E-state index contributed by atoms with van der Waals surface area (Å²) in [4.78, 5) is 4.33. The molecule has 1 aromatic heterocycles. The van der Waals surface area contributed by atoms with Gasteiger partial charge in [-0.05, 0) is 23.6 Å². The lowest BCUT2D eigenvalue weighted by Gasteiger charge is -2.09. The third-order valence-corrected chi connectivity index (χ3v) is 4.40. The molecule has 2 aromatic rings. The first-order chi connectivity index (χ1) is 10.5. The van der Waals surface area contributed by atoms with Crippen LogP contribution in [0.25, 0.3) is 0 Å². The average Bonchev–Trinajstić information content (AvgIpc) is 2.94. The highest BCUT2D eigenvalue weighted by Crippen LogP contribution is 2.20. The van der Waals surface area contributed by atoms with Crippen molar-refractivity contribution in [3.8, 4) is 0 Å². The molecule has 0 fully saturated rings. The summed E-state index contributed by atoms with van der Waals surface area (Å²) >= 11 is 1.58.